The van der Waals surface area contributed by atoms with Gasteiger partial charge in [0.1, 0.15) is 5.69 Å². The molecule has 0 unspecified atom stereocenters. The van der Waals surface area contributed by atoms with Gasteiger partial charge in [0.15, 0.2) is 6.26 Å². The molecule has 0 saturated heterocycles. The first-order valence-corrected chi connectivity index (χ1v) is 4.65. The summed E-state index contributed by atoms with van der Waals surface area (Å²) < 4.78 is 4.69. The maximum absolute atomic E-state index is 4.69. The van der Waals surface area contributed by atoms with Gasteiger partial charge < -0.3 is 4.52 Å². The Morgan fingerprint density at radius 2 is 1.86 bits per heavy atom. The Morgan fingerprint density at radius 1 is 1.14 bits per heavy atom. The Morgan fingerprint density at radius 3 is 2.36 bits per heavy atom. The number of aromatic nitrogens is 2. The van der Waals surface area contributed by atoms with Crippen molar-refractivity contribution in [1.29, 1.82) is 0 Å². The highest BCUT2D eigenvalue weighted by Crippen LogP contribution is 2.20. The molecular formula is C11H12N2O. The average molecular weight is 188 g/mol. The predicted molar refractivity (Wildman–Crippen MR) is 53.8 cm³/mol. The van der Waals surface area contributed by atoms with Crippen molar-refractivity contribution in [2.75, 3.05) is 0 Å². The Balaban J connectivity index is 2.31. The lowest BCUT2D eigenvalue weighted by Crippen LogP contribution is -1.86. The van der Waals surface area contributed by atoms with E-state index in [0.29, 0.717) is 5.92 Å². The summed E-state index contributed by atoms with van der Waals surface area (Å²) in [4.78, 5) is 0. The van der Waals surface area contributed by atoms with Gasteiger partial charge in [-0.2, -0.15) is 0 Å². The van der Waals surface area contributed by atoms with Crippen LogP contribution in [0, 0.1) is 0 Å². The SMILES string of the molecule is CC(C)c1ccc(-c2conn2)cc1. The van der Waals surface area contributed by atoms with Crippen molar-refractivity contribution < 1.29 is 4.52 Å². The van der Waals surface area contributed by atoms with E-state index in [1.165, 1.54) is 5.56 Å². The lowest BCUT2D eigenvalue weighted by Gasteiger charge is -2.04. The molecule has 0 fully saturated rings. The fraction of sp³-hybridized carbons (Fsp3) is 0.273. The van der Waals surface area contributed by atoms with Crippen molar-refractivity contribution in [2.24, 2.45) is 0 Å². The summed E-state index contributed by atoms with van der Waals surface area (Å²) in [5.41, 5.74) is 3.14. The third kappa shape index (κ3) is 1.66. The van der Waals surface area contributed by atoms with Crippen LogP contribution in [0.15, 0.2) is 35.1 Å². The van der Waals surface area contributed by atoms with E-state index in [1.54, 1.807) is 6.26 Å². The zero-order valence-electron chi connectivity index (χ0n) is 8.27. The number of hydrogen-bond acceptors (Lipinski definition) is 3. The van der Waals surface area contributed by atoms with Gasteiger partial charge in [0.05, 0.1) is 0 Å². The van der Waals surface area contributed by atoms with E-state index in [1.807, 2.05) is 12.1 Å². The van der Waals surface area contributed by atoms with Gasteiger partial charge in [-0.25, -0.2) is 0 Å². The summed E-state index contributed by atoms with van der Waals surface area (Å²) in [5.74, 6) is 0.555. The molecule has 0 atom stereocenters. The highest BCUT2D eigenvalue weighted by Gasteiger charge is 2.03. The van der Waals surface area contributed by atoms with Crippen LogP contribution in [-0.4, -0.2) is 10.4 Å². The van der Waals surface area contributed by atoms with Gasteiger partial charge in [-0.05, 0) is 11.5 Å². The van der Waals surface area contributed by atoms with Crippen molar-refractivity contribution in [1.82, 2.24) is 10.4 Å². The van der Waals surface area contributed by atoms with E-state index in [2.05, 4.69) is 40.9 Å². The zero-order chi connectivity index (χ0) is 9.97. The second-order valence-electron chi connectivity index (χ2n) is 3.57. The topological polar surface area (TPSA) is 38.9 Å². The van der Waals surface area contributed by atoms with E-state index in [-0.39, 0.29) is 0 Å². The maximum atomic E-state index is 4.69. The first-order chi connectivity index (χ1) is 6.77. The van der Waals surface area contributed by atoms with Crippen LogP contribution in [0.25, 0.3) is 11.3 Å². The molecule has 0 radical (unpaired) electrons. The molecule has 0 N–H and O–H groups in total. The van der Waals surface area contributed by atoms with Crippen LogP contribution in [0.3, 0.4) is 0 Å². The van der Waals surface area contributed by atoms with E-state index < -0.39 is 0 Å². The van der Waals surface area contributed by atoms with Gasteiger partial charge in [-0.3, -0.25) is 0 Å². The predicted octanol–water partition coefficient (Wildman–Crippen LogP) is 2.86. The molecule has 3 heteroatoms. The molecule has 0 aliphatic heterocycles. The monoisotopic (exact) mass is 188 g/mol. The minimum Gasteiger partial charge on any atom is -0.345 e. The summed E-state index contributed by atoms with van der Waals surface area (Å²) >= 11 is 0. The van der Waals surface area contributed by atoms with Gasteiger partial charge in [0.2, 0.25) is 0 Å². The van der Waals surface area contributed by atoms with Gasteiger partial charge in [0.25, 0.3) is 0 Å². The second-order valence-corrected chi connectivity index (χ2v) is 3.57. The first-order valence-electron chi connectivity index (χ1n) is 4.65. The standard InChI is InChI=1S/C11H12N2O/c1-8(2)9-3-5-10(6-4-9)11-7-14-13-12-11/h3-8H,1-2H3. The summed E-state index contributed by atoms with van der Waals surface area (Å²) in [6.45, 7) is 4.35. The minimum absolute atomic E-state index is 0.555. The van der Waals surface area contributed by atoms with E-state index in [4.69, 9.17) is 0 Å². The Hall–Kier alpha value is -1.64. The molecule has 2 rings (SSSR count). The Bertz CT molecular complexity index is 390. The number of nitrogens with zero attached hydrogens (tertiary/aromatic N) is 2. The Labute approximate surface area is 82.7 Å². The molecule has 0 amide bonds. The molecule has 72 valence electrons. The molecule has 3 nitrogen and oxygen atoms in total. The van der Waals surface area contributed by atoms with Crippen molar-refractivity contribution in [3.05, 3.63) is 36.1 Å². The largest absolute Gasteiger partial charge is 0.345 e. The van der Waals surface area contributed by atoms with Gasteiger partial charge in [-0.15, -0.1) is 5.10 Å². The lowest BCUT2D eigenvalue weighted by molar-refractivity contribution is 0.393. The normalized spacial score (nSPS) is 10.8. The maximum Gasteiger partial charge on any atom is 0.152 e. The summed E-state index contributed by atoms with van der Waals surface area (Å²) in [5, 5.41) is 7.28. The van der Waals surface area contributed by atoms with E-state index in [9.17, 15) is 0 Å². The van der Waals surface area contributed by atoms with Crippen LogP contribution < -0.4 is 0 Å². The summed E-state index contributed by atoms with van der Waals surface area (Å²) in [6, 6.07) is 8.28. The van der Waals surface area contributed by atoms with E-state index >= 15 is 0 Å². The highest BCUT2D eigenvalue weighted by atomic mass is 16.5. The van der Waals surface area contributed by atoms with Crippen molar-refractivity contribution in [3.63, 3.8) is 0 Å². The van der Waals surface area contributed by atoms with E-state index in [0.717, 1.165) is 11.3 Å². The van der Waals surface area contributed by atoms with Crippen LogP contribution in [0.5, 0.6) is 0 Å². The number of hydrogen-bond donors (Lipinski definition) is 0. The lowest BCUT2D eigenvalue weighted by atomic mass is 10.0. The van der Waals surface area contributed by atoms with Crippen LogP contribution in [0.2, 0.25) is 0 Å². The Kier molecular flexibility index (Phi) is 2.31. The van der Waals surface area contributed by atoms with Crippen molar-refractivity contribution in [3.8, 4) is 11.3 Å². The zero-order valence-corrected chi connectivity index (χ0v) is 8.27. The molecular weight excluding hydrogens is 176 g/mol. The molecule has 0 saturated carbocycles. The van der Waals surface area contributed by atoms with Crippen LogP contribution in [0.1, 0.15) is 25.3 Å². The molecule has 1 aromatic carbocycles. The quantitative estimate of drug-likeness (QED) is 0.727. The number of benzene rings is 1. The molecule has 0 bridgehead atoms. The van der Waals surface area contributed by atoms with Crippen molar-refractivity contribution >= 4 is 0 Å². The van der Waals surface area contributed by atoms with Crippen molar-refractivity contribution in [2.45, 2.75) is 19.8 Å². The number of rotatable bonds is 2. The minimum atomic E-state index is 0.555. The summed E-state index contributed by atoms with van der Waals surface area (Å²) in [7, 11) is 0. The average Bonchev–Trinajstić information content (AvgIpc) is 2.71. The van der Waals surface area contributed by atoms with Crippen LogP contribution >= 0.6 is 0 Å². The van der Waals surface area contributed by atoms with Gasteiger partial charge in [-0.1, -0.05) is 38.1 Å². The first kappa shape index (κ1) is 8.94. The third-order valence-corrected chi connectivity index (χ3v) is 2.23. The molecule has 1 aromatic heterocycles. The highest BCUT2D eigenvalue weighted by molar-refractivity contribution is 5.57. The third-order valence-electron chi connectivity index (χ3n) is 2.23. The molecule has 0 aliphatic rings. The smallest absolute Gasteiger partial charge is 0.152 e. The molecule has 0 spiro atoms. The fourth-order valence-corrected chi connectivity index (χ4v) is 1.33. The van der Waals surface area contributed by atoms with Crippen LogP contribution in [0.4, 0.5) is 0 Å². The molecule has 14 heavy (non-hydrogen) atoms. The molecule has 1 heterocycles. The molecule has 2 aromatic rings. The fourth-order valence-electron chi connectivity index (χ4n) is 1.33. The van der Waals surface area contributed by atoms with Gasteiger partial charge >= 0.3 is 0 Å². The second kappa shape index (κ2) is 3.62. The van der Waals surface area contributed by atoms with Gasteiger partial charge in [0, 0.05) is 10.8 Å². The summed E-state index contributed by atoms with van der Waals surface area (Å²) in [6.07, 6.45) is 1.55. The molecule has 0 aliphatic carbocycles. The van der Waals surface area contributed by atoms with Crippen LogP contribution in [-0.2, 0) is 0 Å².